The molecule has 162 valence electrons. The minimum atomic E-state index is -0.800. The minimum Gasteiger partial charge on any atom is -0.384 e. The van der Waals surface area contributed by atoms with Gasteiger partial charge in [-0.25, -0.2) is 9.18 Å². The van der Waals surface area contributed by atoms with Crippen molar-refractivity contribution in [1.29, 1.82) is 0 Å². The fourth-order valence-corrected chi connectivity index (χ4v) is 3.68. The molecule has 0 aliphatic carbocycles. The first-order chi connectivity index (χ1) is 14.8. The highest BCUT2D eigenvalue weighted by molar-refractivity contribution is 6.01. The van der Waals surface area contributed by atoms with E-state index in [0.717, 1.165) is 11.1 Å². The normalized spacial score (nSPS) is 12.1. The van der Waals surface area contributed by atoms with Crippen LogP contribution < -0.4 is 17.0 Å². The van der Waals surface area contributed by atoms with E-state index in [1.165, 1.54) is 16.7 Å². The number of nitrogens with one attached hydrogen (secondary N) is 1. The van der Waals surface area contributed by atoms with Crippen molar-refractivity contribution in [3.8, 4) is 0 Å². The highest BCUT2D eigenvalue weighted by Gasteiger charge is 2.25. The Morgan fingerprint density at radius 3 is 2.32 bits per heavy atom. The Balaban J connectivity index is 1.97. The SMILES string of the molecule is CCCn1c(N)c(C(=O)CN(C)C(c2ccccc2)c2ccc(F)cc2)c(=O)[nH]c1=O. The van der Waals surface area contributed by atoms with Crippen LogP contribution in [0.2, 0.25) is 0 Å². The van der Waals surface area contributed by atoms with Crippen LogP contribution in [0.25, 0.3) is 0 Å². The molecule has 3 aromatic rings. The van der Waals surface area contributed by atoms with Gasteiger partial charge < -0.3 is 5.73 Å². The predicted molar refractivity (Wildman–Crippen MR) is 118 cm³/mol. The van der Waals surface area contributed by atoms with Gasteiger partial charge in [0.2, 0.25) is 0 Å². The van der Waals surface area contributed by atoms with Crippen LogP contribution in [0.4, 0.5) is 10.2 Å². The molecule has 0 spiro atoms. The molecule has 0 aliphatic rings. The van der Waals surface area contributed by atoms with Crippen molar-refractivity contribution in [2.45, 2.75) is 25.9 Å². The van der Waals surface area contributed by atoms with Crippen LogP contribution in [0.3, 0.4) is 0 Å². The number of aromatic amines is 1. The van der Waals surface area contributed by atoms with Crippen LogP contribution in [-0.4, -0.2) is 33.8 Å². The van der Waals surface area contributed by atoms with Crippen molar-refractivity contribution < 1.29 is 9.18 Å². The van der Waals surface area contributed by atoms with Crippen molar-refractivity contribution in [2.24, 2.45) is 0 Å². The highest BCUT2D eigenvalue weighted by atomic mass is 19.1. The van der Waals surface area contributed by atoms with E-state index in [1.54, 1.807) is 24.1 Å². The molecular weight excluding hydrogens is 399 g/mol. The number of anilines is 1. The third-order valence-electron chi connectivity index (χ3n) is 5.10. The molecular formula is C23H25FN4O3. The number of nitrogens with two attached hydrogens (primary N) is 1. The number of H-pyrrole nitrogens is 1. The Kier molecular flexibility index (Phi) is 6.81. The summed E-state index contributed by atoms with van der Waals surface area (Å²) in [6.07, 6.45) is 0.615. The largest absolute Gasteiger partial charge is 0.384 e. The second-order valence-corrected chi connectivity index (χ2v) is 7.37. The molecule has 31 heavy (non-hydrogen) atoms. The molecule has 0 saturated carbocycles. The van der Waals surface area contributed by atoms with Crippen LogP contribution in [-0.2, 0) is 6.54 Å². The maximum atomic E-state index is 13.5. The molecule has 1 atom stereocenters. The Hall–Kier alpha value is -3.52. The molecule has 0 radical (unpaired) electrons. The van der Waals surface area contributed by atoms with Crippen LogP contribution in [0.5, 0.6) is 0 Å². The van der Waals surface area contributed by atoms with Crippen molar-refractivity contribution in [3.63, 3.8) is 0 Å². The van der Waals surface area contributed by atoms with Gasteiger partial charge in [-0.05, 0) is 36.7 Å². The van der Waals surface area contributed by atoms with E-state index in [4.69, 9.17) is 5.73 Å². The quantitative estimate of drug-likeness (QED) is 0.541. The Labute approximate surface area is 178 Å². The van der Waals surface area contributed by atoms with Gasteiger partial charge in [0.15, 0.2) is 5.78 Å². The monoisotopic (exact) mass is 424 g/mol. The summed E-state index contributed by atoms with van der Waals surface area (Å²) >= 11 is 0. The second-order valence-electron chi connectivity index (χ2n) is 7.37. The molecule has 1 unspecified atom stereocenters. The number of rotatable bonds is 8. The van der Waals surface area contributed by atoms with Crippen LogP contribution in [0, 0.1) is 5.82 Å². The number of nitrogen functional groups attached to an aromatic ring is 1. The third kappa shape index (κ3) is 4.80. The number of nitrogens with zero attached hydrogens (tertiary/aromatic N) is 2. The van der Waals surface area contributed by atoms with Gasteiger partial charge in [-0.15, -0.1) is 0 Å². The lowest BCUT2D eigenvalue weighted by atomic mass is 9.97. The minimum absolute atomic E-state index is 0.130. The van der Waals surface area contributed by atoms with Gasteiger partial charge in [-0.2, -0.15) is 0 Å². The molecule has 8 heteroatoms. The Morgan fingerprint density at radius 2 is 1.71 bits per heavy atom. The van der Waals surface area contributed by atoms with Crippen LogP contribution in [0.15, 0.2) is 64.2 Å². The van der Waals surface area contributed by atoms with E-state index in [9.17, 15) is 18.8 Å². The number of hydrogen-bond donors (Lipinski definition) is 2. The van der Waals surface area contributed by atoms with Crippen molar-refractivity contribution in [2.75, 3.05) is 19.3 Å². The zero-order chi connectivity index (χ0) is 22.5. The number of aromatic nitrogens is 2. The summed E-state index contributed by atoms with van der Waals surface area (Å²) < 4.78 is 14.7. The first kappa shape index (κ1) is 22.2. The highest BCUT2D eigenvalue weighted by Crippen LogP contribution is 2.28. The molecule has 0 amide bonds. The average Bonchev–Trinajstić information content (AvgIpc) is 2.73. The van der Waals surface area contributed by atoms with Gasteiger partial charge in [-0.1, -0.05) is 49.4 Å². The van der Waals surface area contributed by atoms with E-state index in [-0.39, 0.29) is 29.8 Å². The summed E-state index contributed by atoms with van der Waals surface area (Å²) in [5.41, 5.74) is 6.06. The zero-order valence-corrected chi connectivity index (χ0v) is 17.5. The number of carbonyl (C=O) groups is 1. The van der Waals surface area contributed by atoms with Gasteiger partial charge in [0.25, 0.3) is 5.56 Å². The van der Waals surface area contributed by atoms with Gasteiger partial charge in [0, 0.05) is 6.54 Å². The lowest BCUT2D eigenvalue weighted by Gasteiger charge is -2.28. The molecule has 2 aromatic carbocycles. The maximum Gasteiger partial charge on any atom is 0.329 e. The lowest BCUT2D eigenvalue weighted by Crippen LogP contribution is -2.39. The zero-order valence-electron chi connectivity index (χ0n) is 17.5. The van der Waals surface area contributed by atoms with Gasteiger partial charge in [0.1, 0.15) is 17.2 Å². The van der Waals surface area contributed by atoms with Gasteiger partial charge in [0.05, 0.1) is 12.6 Å². The summed E-state index contributed by atoms with van der Waals surface area (Å²) in [7, 11) is 1.74. The van der Waals surface area contributed by atoms with Crippen molar-refractivity contribution in [1.82, 2.24) is 14.5 Å². The number of Topliss-reactive ketones (excluding diaryl/α,β-unsaturated/α-hetero) is 1. The first-order valence-electron chi connectivity index (χ1n) is 10.00. The van der Waals surface area contributed by atoms with Gasteiger partial charge >= 0.3 is 5.69 Å². The first-order valence-corrected chi connectivity index (χ1v) is 10.00. The maximum absolute atomic E-state index is 13.5. The van der Waals surface area contributed by atoms with Crippen molar-refractivity contribution in [3.05, 3.63) is 97.9 Å². The van der Waals surface area contributed by atoms with Crippen LogP contribution >= 0.6 is 0 Å². The third-order valence-corrected chi connectivity index (χ3v) is 5.10. The van der Waals surface area contributed by atoms with Crippen LogP contribution in [0.1, 0.15) is 40.9 Å². The molecule has 7 nitrogen and oxygen atoms in total. The lowest BCUT2D eigenvalue weighted by molar-refractivity contribution is 0.0929. The topological polar surface area (TPSA) is 101 Å². The summed E-state index contributed by atoms with van der Waals surface area (Å²) in [4.78, 5) is 41.4. The molecule has 1 heterocycles. The Bertz CT molecular complexity index is 1170. The smallest absolute Gasteiger partial charge is 0.329 e. The van der Waals surface area contributed by atoms with E-state index < -0.39 is 17.0 Å². The second kappa shape index (κ2) is 9.53. The molecule has 3 rings (SSSR count). The number of halogens is 1. The predicted octanol–water partition coefficient (Wildman–Crippen LogP) is 2.57. The van der Waals surface area contributed by atoms with Gasteiger partial charge in [-0.3, -0.25) is 24.0 Å². The summed E-state index contributed by atoms with van der Waals surface area (Å²) in [5.74, 6) is -0.993. The van der Waals surface area contributed by atoms with E-state index in [0.29, 0.717) is 13.0 Å². The number of benzene rings is 2. The number of ketones is 1. The number of carbonyl (C=O) groups excluding carboxylic acids is 1. The number of likely N-dealkylation sites (N-methyl/N-ethyl adjacent to an activating group) is 1. The van der Waals surface area contributed by atoms with Crippen molar-refractivity contribution >= 4 is 11.6 Å². The van der Waals surface area contributed by atoms with E-state index >= 15 is 0 Å². The summed E-state index contributed by atoms with van der Waals surface area (Å²) in [5, 5.41) is 0. The van der Waals surface area contributed by atoms with E-state index in [1.807, 2.05) is 37.3 Å². The molecule has 0 aliphatic heterocycles. The molecule has 3 N–H and O–H groups in total. The average molecular weight is 424 g/mol. The molecule has 0 saturated heterocycles. The standard InChI is InChI=1S/C23H25FN4O3/c1-3-13-28-21(25)19(22(30)26-23(28)31)18(29)14-27(2)20(15-7-5-4-6-8-15)16-9-11-17(24)12-10-16/h4-12,20H,3,13-14,25H2,1-2H3,(H,26,30,31). The fraction of sp³-hybridized carbons (Fsp3) is 0.261. The summed E-state index contributed by atoms with van der Waals surface area (Å²) in [6.45, 7) is 2.02. The Morgan fingerprint density at radius 1 is 1.10 bits per heavy atom. The van der Waals surface area contributed by atoms with E-state index in [2.05, 4.69) is 4.98 Å². The fourth-order valence-electron chi connectivity index (χ4n) is 3.68. The number of hydrogen-bond acceptors (Lipinski definition) is 5. The molecule has 0 bridgehead atoms. The summed E-state index contributed by atoms with van der Waals surface area (Å²) in [6, 6.07) is 15.2. The molecule has 1 aromatic heterocycles. The molecule has 0 fully saturated rings.